The Morgan fingerprint density at radius 2 is 1.62 bits per heavy atom. The summed E-state index contributed by atoms with van der Waals surface area (Å²) >= 11 is 5.99. The van der Waals surface area contributed by atoms with Crippen LogP contribution in [-0.2, 0) is 14.4 Å². The van der Waals surface area contributed by atoms with Gasteiger partial charge in [-0.25, -0.2) is 5.06 Å². The molecular formula is C20H19ClN2O3. The van der Waals surface area contributed by atoms with Crippen molar-refractivity contribution < 1.29 is 14.4 Å². The van der Waals surface area contributed by atoms with E-state index in [9.17, 15) is 9.59 Å². The summed E-state index contributed by atoms with van der Waals surface area (Å²) in [4.78, 5) is 33.2. The Morgan fingerprint density at radius 1 is 0.962 bits per heavy atom. The number of imide groups is 1. The number of anilines is 1. The van der Waals surface area contributed by atoms with Crippen molar-refractivity contribution >= 4 is 29.1 Å². The molecule has 26 heavy (non-hydrogen) atoms. The van der Waals surface area contributed by atoms with E-state index >= 15 is 0 Å². The highest BCUT2D eigenvalue weighted by Gasteiger charge is 2.60. The Labute approximate surface area is 157 Å². The lowest BCUT2D eigenvalue weighted by molar-refractivity contribution is -0.145. The minimum absolute atomic E-state index is 0.180. The molecule has 4 rings (SSSR count). The Morgan fingerprint density at radius 3 is 2.23 bits per heavy atom. The van der Waals surface area contributed by atoms with Gasteiger partial charge < -0.3 is 0 Å². The Balaban J connectivity index is 1.79. The van der Waals surface area contributed by atoms with Crippen LogP contribution >= 0.6 is 11.6 Å². The van der Waals surface area contributed by atoms with Gasteiger partial charge in [0, 0.05) is 11.1 Å². The van der Waals surface area contributed by atoms with Crippen LogP contribution in [0.3, 0.4) is 0 Å². The SMILES string of the molecule is CC(C)N1C(=O)[C@@H]2[C@@H](ON(c3ccc(Cl)cc3)[C@H]2c2ccccc2)C1=O. The molecule has 2 aromatic rings. The van der Waals surface area contributed by atoms with Crippen molar-refractivity contribution in [3.8, 4) is 0 Å². The summed E-state index contributed by atoms with van der Waals surface area (Å²) < 4.78 is 0. The number of halogens is 1. The van der Waals surface area contributed by atoms with Crippen molar-refractivity contribution in [2.24, 2.45) is 5.92 Å². The molecule has 5 nitrogen and oxygen atoms in total. The third-order valence-electron chi connectivity index (χ3n) is 4.89. The van der Waals surface area contributed by atoms with Gasteiger partial charge in [0.25, 0.3) is 5.91 Å². The number of rotatable bonds is 3. The monoisotopic (exact) mass is 370 g/mol. The zero-order chi connectivity index (χ0) is 18.4. The van der Waals surface area contributed by atoms with Gasteiger partial charge in [-0.15, -0.1) is 0 Å². The second kappa shape index (κ2) is 6.41. The maximum absolute atomic E-state index is 13.0. The van der Waals surface area contributed by atoms with Crippen molar-refractivity contribution in [3.63, 3.8) is 0 Å². The number of hydrogen-bond donors (Lipinski definition) is 0. The van der Waals surface area contributed by atoms with Gasteiger partial charge >= 0.3 is 0 Å². The highest BCUT2D eigenvalue weighted by molar-refractivity contribution is 6.30. The molecule has 0 aromatic heterocycles. The van der Waals surface area contributed by atoms with Crippen molar-refractivity contribution in [1.29, 1.82) is 0 Å². The van der Waals surface area contributed by atoms with Gasteiger partial charge in [-0.1, -0.05) is 41.9 Å². The third kappa shape index (κ3) is 2.59. The fraction of sp³-hybridized carbons (Fsp3) is 0.300. The van der Waals surface area contributed by atoms with Gasteiger partial charge in [0.2, 0.25) is 5.91 Å². The second-order valence-corrected chi connectivity index (χ2v) is 7.29. The normalized spacial score (nSPS) is 25.3. The van der Waals surface area contributed by atoms with Crippen molar-refractivity contribution in [2.75, 3.05) is 5.06 Å². The molecule has 0 saturated carbocycles. The fourth-order valence-electron chi connectivity index (χ4n) is 3.75. The first-order valence-corrected chi connectivity index (χ1v) is 9.00. The molecule has 6 heteroatoms. The van der Waals surface area contributed by atoms with E-state index in [4.69, 9.17) is 16.4 Å². The summed E-state index contributed by atoms with van der Waals surface area (Å²) in [7, 11) is 0. The van der Waals surface area contributed by atoms with E-state index in [2.05, 4.69) is 0 Å². The van der Waals surface area contributed by atoms with E-state index < -0.39 is 12.0 Å². The number of carbonyl (C=O) groups excluding carboxylic acids is 2. The summed E-state index contributed by atoms with van der Waals surface area (Å²) in [5, 5.41) is 2.29. The third-order valence-corrected chi connectivity index (χ3v) is 5.14. The number of nitrogens with zero attached hydrogens (tertiary/aromatic N) is 2. The molecule has 0 N–H and O–H groups in total. The van der Waals surface area contributed by atoms with Crippen LogP contribution in [0.15, 0.2) is 54.6 Å². The maximum Gasteiger partial charge on any atom is 0.262 e. The highest BCUT2D eigenvalue weighted by atomic mass is 35.5. The quantitative estimate of drug-likeness (QED) is 0.775. The highest BCUT2D eigenvalue weighted by Crippen LogP contribution is 2.47. The molecule has 2 fully saturated rings. The number of amides is 2. The van der Waals surface area contributed by atoms with Crippen molar-refractivity contribution in [3.05, 3.63) is 65.2 Å². The molecule has 0 aliphatic carbocycles. The molecule has 134 valence electrons. The molecule has 2 heterocycles. The van der Waals surface area contributed by atoms with Crippen LogP contribution in [0.25, 0.3) is 0 Å². The number of carbonyl (C=O) groups is 2. The van der Waals surface area contributed by atoms with Crippen LogP contribution in [0.4, 0.5) is 5.69 Å². The van der Waals surface area contributed by atoms with Gasteiger partial charge in [0.15, 0.2) is 6.10 Å². The van der Waals surface area contributed by atoms with E-state index in [1.54, 1.807) is 17.2 Å². The molecule has 2 saturated heterocycles. The van der Waals surface area contributed by atoms with Crippen molar-refractivity contribution in [1.82, 2.24) is 4.90 Å². The zero-order valence-electron chi connectivity index (χ0n) is 14.5. The van der Waals surface area contributed by atoms with E-state index in [-0.39, 0.29) is 23.9 Å². The van der Waals surface area contributed by atoms with Gasteiger partial charge in [-0.3, -0.25) is 19.3 Å². The fourth-order valence-corrected chi connectivity index (χ4v) is 3.87. The van der Waals surface area contributed by atoms with Gasteiger partial charge in [0.1, 0.15) is 5.92 Å². The molecule has 0 bridgehead atoms. The van der Waals surface area contributed by atoms with Crippen molar-refractivity contribution in [2.45, 2.75) is 32.0 Å². The number of likely N-dealkylation sites (tertiary alicyclic amines) is 1. The standard InChI is InChI=1S/C20H19ClN2O3/c1-12(2)22-19(24)16-17(13-6-4-3-5-7-13)23(26-18(16)20(22)25)15-10-8-14(21)9-11-15/h3-12,16-18H,1-2H3/t16-,17-,18+/m0/s1. The van der Waals surface area contributed by atoms with E-state index in [1.807, 2.05) is 56.3 Å². The largest absolute Gasteiger partial charge is 0.277 e. The van der Waals surface area contributed by atoms with Gasteiger partial charge in [0.05, 0.1) is 11.7 Å². The topological polar surface area (TPSA) is 49.9 Å². The predicted molar refractivity (Wildman–Crippen MR) is 98.5 cm³/mol. The first-order valence-electron chi connectivity index (χ1n) is 8.62. The summed E-state index contributed by atoms with van der Waals surface area (Å²) in [5.41, 5.74) is 1.69. The Hall–Kier alpha value is -2.37. The summed E-state index contributed by atoms with van der Waals surface area (Å²) in [6, 6.07) is 16.3. The molecule has 0 radical (unpaired) electrons. The molecule has 2 aromatic carbocycles. The molecule has 2 aliphatic rings. The van der Waals surface area contributed by atoms with Crippen LogP contribution in [-0.4, -0.2) is 28.9 Å². The molecule has 0 unspecified atom stereocenters. The van der Waals surface area contributed by atoms with Crippen LogP contribution in [0.2, 0.25) is 5.02 Å². The number of fused-ring (bicyclic) bond motifs is 1. The van der Waals surface area contributed by atoms with E-state index in [0.717, 1.165) is 11.3 Å². The lowest BCUT2D eigenvalue weighted by Gasteiger charge is -2.29. The van der Waals surface area contributed by atoms with Crippen LogP contribution in [0, 0.1) is 5.92 Å². The molecule has 0 spiro atoms. The first-order chi connectivity index (χ1) is 12.5. The summed E-state index contributed by atoms with van der Waals surface area (Å²) in [6.45, 7) is 3.68. The van der Waals surface area contributed by atoms with E-state index in [0.29, 0.717) is 5.02 Å². The Kier molecular flexibility index (Phi) is 4.21. The average molecular weight is 371 g/mol. The molecule has 3 atom stereocenters. The molecular weight excluding hydrogens is 352 g/mol. The summed E-state index contributed by atoms with van der Waals surface area (Å²) in [5.74, 6) is -1.02. The van der Waals surface area contributed by atoms with Gasteiger partial charge in [-0.05, 0) is 43.7 Å². The molecule has 2 aliphatic heterocycles. The minimum atomic E-state index is -0.800. The first kappa shape index (κ1) is 17.1. The Bertz CT molecular complexity index is 838. The van der Waals surface area contributed by atoms with E-state index in [1.165, 1.54) is 4.90 Å². The second-order valence-electron chi connectivity index (χ2n) is 6.85. The van der Waals surface area contributed by atoms with Crippen LogP contribution < -0.4 is 5.06 Å². The average Bonchev–Trinajstić information content (AvgIpc) is 3.13. The van der Waals surface area contributed by atoms with Crippen LogP contribution in [0.5, 0.6) is 0 Å². The lowest BCUT2D eigenvalue weighted by atomic mass is 9.90. The number of hydrogen-bond acceptors (Lipinski definition) is 4. The predicted octanol–water partition coefficient (Wildman–Crippen LogP) is 3.59. The maximum atomic E-state index is 13.0. The molecule has 2 amide bonds. The minimum Gasteiger partial charge on any atom is -0.277 e. The van der Waals surface area contributed by atoms with Crippen LogP contribution in [0.1, 0.15) is 25.5 Å². The number of hydroxylamine groups is 1. The number of benzene rings is 2. The smallest absolute Gasteiger partial charge is 0.262 e. The zero-order valence-corrected chi connectivity index (χ0v) is 15.3. The summed E-state index contributed by atoms with van der Waals surface area (Å²) in [6.07, 6.45) is -0.800. The lowest BCUT2D eigenvalue weighted by Crippen LogP contribution is -2.41. The van der Waals surface area contributed by atoms with Gasteiger partial charge in [-0.2, -0.15) is 0 Å².